The van der Waals surface area contributed by atoms with Crippen molar-refractivity contribution in [2.24, 2.45) is 0 Å². The van der Waals surface area contributed by atoms with Crippen LogP contribution in [-0.4, -0.2) is 105 Å². The molecule has 7 N–H and O–H groups in total. The molecule has 25 heavy (non-hydrogen) atoms. The van der Waals surface area contributed by atoms with Crippen molar-refractivity contribution < 1.29 is 49.6 Å². The Hall–Kier alpha value is -0.890. The molecule has 0 bridgehead atoms. The zero-order valence-corrected chi connectivity index (χ0v) is 13.8. The zero-order valence-electron chi connectivity index (χ0n) is 13.8. The minimum absolute atomic E-state index is 0.550. The molecule has 2 saturated heterocycles. The molecule has 0 radical (unpaired) electrons. The summed E-state index contributed by atoms with van der Waals surface area (Å²) >= 11 is 0. The van der Waals surface area contributed by atoms with Crippen molar-refractivity contribution in [3.8, 4) is 0 Å². The topological polar surface area (TPSA) is 178 Å². The molecule has 11 heteroatoms. The molecule has 0 unspecified atom stereocenters. The summed E-state index contributed by atoms with van der Waals surface area (Å²) in [5.41, 5.74) is 0. The second-order valence-electron chi connectivity index (χ2n) is 6.25. The summed E-state index contributed by atoms with van der Waals surface area (Å²) in [4.78, 5) is 11.3. The van der Waals surface area contributed by atoms with Gasteiger partial charge >= 0.3 is 0 Å². The first-order valence-electron chi connectivity index (χ1n) is 7.92. The molecule has 0 spiro atoms. The maximum Gasteiger partial charge on any atom is 0.217 e. The Morgan fingerprint density at radius 2 is 1.68 bits per heavy atom. The average molecular weight is 367 g/mol. The van der Waals surface area contributed by atoms with Crippen molar-refractivity contribution in [2.75, 3.05) is 6.61 Å². The van der Waals surface area contributed by atoms with Gasteiger partial charge in [-0.05, 0) is 6.92 Å². The van der Waals surface area contributed by atoms with Crippen molar-refractivity contribution in [3.05, 3.63) is 0 Å². The van der Waals surface area contributed by atoms with E-state index in [1.54, 1.807) is 0 Å². The van der Waals surface area contributed by atoms with Crippen LogP contribution in [0.15, 0.2) is 0 Å². The van der Waals surface area contributed by atoms with E-state index in [1.165, 1.54) is 13.8 Å². The lowest BCUT2D eigenvalue weighted by Gasteiger charge is -2.46. The van der Waals surface area contributed by atoms with Gasteiger partial charge in [0.1, 0.15) is 42.7 Å². The predicted molar refractivity (Wildman–Crippen MR) is 78.8 cm³/mol. The minimum atomic E-state index is -1.61. The Balaban J connectivity index is 2.19. The van der Waals surface area contributed by atoms with E-state index in [9.17, 15) is 35.4 Å². The summed E-state index contributed by atoms with van der Waals surface area (Å²) in [6.07, 6.45) is -12.5. The van der Waals surface area contributed by atoms with Crippen molar-refractivity contribution in [2.45, 2.75) is 75.2 Å². The molecule has 0 saturated carbocycles. The first-order chi connectivity index (χ1) is 11.7. The Kier molecular flexibility index (Phi) is 6.70. The van der Waals surface area contributed by atoms with Crippen molar-refractivity contribution in [1.82, 2.24) is 5.32 Å². The fourth-order valence-electron chi connectivity index (χ4n) is 2.91. The van der Waals surface area contributed by atoms with Crippen LogP contribution in [0, 0.1) is 0 Å². The van der Waals surface area contributed by atoms with Gasteiger partial charge in [0.2, 0.25) is 5.91 Å². The van der Waals surface area contributed by atoms with Gasteiger partial charge in [0, 0.05) is 6.92 Å². The highest BCUT2D eigenvalue weighted by Crippen LogP contribution is 2.28. The number of carbonyl (C=O) groups is 1. The van der Waals surface area contributed by atoms with E-state index < -0.39 is 73.9 Å². The van der Waals surface area contributed by atoms with E-state index in [1.807, 2.05) is 0 Å². The Morgan fingerprint density at radius 3 is 2.24 bits per heavy atom. The third kappa shape index (κ3) is 4.27. The molecule has 146 valence electrons. The molecule has 1 amide bonds. The zero-order chi connectivity index (χ0) is 18.9. The quantitative estimate of drug-likeness (QED) is 0.257. The van der Waals surface area contributed by atoms with Crippen molar-refractivity contribution >= 4 is 5.91 Å². The number of nitrogens with one attached hydrogen (secondary N) is 1. The minimum Gasteiger partial charge on any atom is -0.394 e. The van der Waals surface area contributed by atoms with E-state index >= 15 is 0 Å². The fourth-order valence-corrected chi connectivity index (χ4v) is 2.91. The van der Waals surface area contributed by atoms with Crippen LogP contribution in [0.4, 0.5) is 0 Å². The molecule has 0 aromatic heterocycles. The summed E-state index contributed by atoms with van der Waals surface area (Å²) in [6, 6.07) is -1.24. The normalized spacial score (nSPS) is 48.2. The highest BCUT2D eigenvalue weighted by molar-refractivity contribution is 5.73. The lowest BCUT2D eigenvalue weighted by atomic mass is 9.96. The van der Waals surface area contributed by atoms with E-state index in [2.05, 4.69) is 5.32 Å². The van der Waals surface area contributed by atoms with Gasteiger partial charge < -0.3 is 50.2 Å². The molecule has 10 atom stereocenters. The number of ether oxygens (including phenoxy) is 3. The molecular formula is C14H25NO10. The number of aliphatic hydroxyl groups excluding tert-OH is 6. The summed E-state index contributed by atoms with van der Waals surface area (Å²) in [7, 11) is 0. The first-order valence-corrected chi connectivity index (χ1v) is 7.92. The van der Waals surface area contributed by atoms with Gasteiger partial charge in [-0.1, -0.05) is 0 Å². The van der Waals surface area contributed by atoms with Gasteiger partial charge in [0.15, 0.2) is 12.6 Å². The van der Waals surface area contributed by atoms with Gasteiger partial charge in [-0.3, -0.25) is 4.79 Å². The third-order valence-electron chi connectivity index (χ3n) is 4.34. The fraction of sp³-hybridized carbons (Fsp3) is 0.929. The largest absolute Gasteiger partial charge is 0.394 e. The molecule has 2 aliphatic rings. The predicted octanol–water partition coefficient (Wildman–Crippen LogP) is -4.23. The van der Waals surface area contributed by atoms with Gasteiger partial charge in [0.05, 0.1) is 12.7 Å². The summed E-state index contributed by atoms with van der Waals surface area (Å²) in [5.74, 6) is -0.550. The van der Waals surface area contributed by atoms with E-state index in [4.69, 9.17) is 14.2 Å². The van der Waals surface area contributed by atoms with Crippen LogP contribution >= 0.6 is 0 Å². The van der Waals surface area contributed by atoms with Crippen LogP contribution in [0.5, 0.6) is 0 Å². The molecule has 11 nitrogen and oxygen atoms in total. The van der Waals surface area contributed by atoms with Crippen molar-refractivity contribution in [1.29, 1.82) is 0 Å². The second-order valence-corrected chi connectivity index (χ2v) is 6.25. The molecule has 2 aliphatic heterocycles. The van der Waals surface area contributed by atoms with Gasteiger partial charge in [-0.25, -0.2) is 0 Å². The molecule has 2 heterocycles. The number of aliphatic hydroxyl groups is 6. The van der Waals surface area contributed by atoms with Gasteiger partial charge in [-0.2, -0.15) is 0 Å². The van der Waals surface area contributed by atoms with E-state index in [-0.39, 0.29) is 0 Å². The standard InChI is InChI=1S/C14H25NO10/c1-4-8(18)11(21)12(13(22)23-4)25-14-7(15-5(2)17)10(20)9(19)6(3-16)24-14/h4,6-14,16,18-22H,3H2,1-2H3,(H,15,17)/t4-,6+,7+,8-,9-,10+,11+,12+,13+,14-/m0/s1. The molecule has 2 fully saturated rings. The molecule has 2 rings (SSSR count). The highest BCUT2D eigenvalue weighted by Gasteiger charge is 2.50. The highest BCUT2D eigenvalue weighted by atomic mass is 16.7. The number of hydrogen-bond acceptors (Lipinski definition) is 10. The van der Waals surface area contributed by atoms with Crippen LogP contribution in [0.25, 0.3) is 0 Å². The summed E-state index contributed by atoms with van der Waals surface area (Å²) in [6.45, 7) is 1.98. The maximum absolute atomic E-state index is 11.3. The number of carbonyl (C=O) groups excluding carboxylic acids is 1. The lowest BCUT2D eigenvalue weighted by Crippen LogP contribution is -2.67. The Labute approximate surface area is 143 Å². The number of rotatable bonds is 4. The monoisotopic (exact) mass is 367 g/mol. The van der Waals surface area contributed by atoms with E-state index in [0.29, 0.717) is 0 Å². The molecular weight excluding hydrogens is 342 g/mol. The summed E-state index contributed by atoms with van der Waals surface area (Å²) < 4.78 is 15.8. The van der Waals surface area contributed by atoms with Crippen LogP contribution < -0.4 is 5.32 Å². The lowest BCUT2D eigenvalue weighted by molar-refractivity contribution is -0.344. The van der Waals surface area contributed by atoms with Crippen LogP contribution in [-0.2, 0) is 19.0 Å². The second kappa shape index (κ2) is 8.20. The number of amides is 1. The first kappa shape index (κ1) is 20.4. The number of hydrogen-bond donors (Lipinski definition) is 7. The summed E-state index contributed by atoms with van der Waals surface area (Å²) in [5, 5.41) is 61.6. The van der Waals surface area contributed by atoms with Crippen molar-refractivity contribution in [3.63, 3.8) is 0 Å². The Morgan fingerprint density at radius 1 is 1.04 bits per heavy atom. The molecule has 0 aromatic carbocycles. The smallest absolute Gasteiger partial charge is 0.217 e. The van der Waals surface area contributed by atoms with Crippen LogP contribution in [0.3, 0.4) is 0 Å². The Bertz CT molecular complexity index is 465. The SMILES string of the molecule is CC(=O)N[C@H]1[C@H](O[C@@H]2[C@H](O)[C@@H](O)[C@H](C)O[C@H]2O)O[C@H](CO)[C@H](O)[C@@H]1O. The van der Waals surface area contributed by atoms with Crippen LogP contribution in [0.1, 0.15) is 13.8 Å². The van der Waals surface area contributed by atoms with Crippen LogP contribution in [0.2, 0.25) is 0 Å². The van der Waals surface area contributed by atoms with Gasteiger partial charge in [0.25, 0.3) is 0 Å². The molecule has 0 aliphatic carbocycles. The van der Waals surface area contributed by atoms with Gasteiger partial charge in [-0.15, -0.1) is 0 Å². The third-order valence-corrected chi connectivity index (χ3v) is 4.34. The molecule has 0 aromatic rings. The maximum atomic E-state index is 11.3. The average Bonchev–Trinajstić information content (AvgIpc) is 2.55. The van der Waals surface area contributed by atoms with E-state index in [0.717, 1.165) is 0 Å².